The first-order chi connectivity index (χ1) is 6.06. The fourth-order valence-electron chi connectivity index (χ4n) is 0.630. The summed E-state index contributed by atoms with van der Waals surface area (Å²) in [5.41, 5.74) is 7.29. The van der Waals surface area contributed by atoms with Gasteiger partial charge in [-0.3, -0.25) is 14.4 Å². The van der Waals surface area contributed by atoms with Crippen LogP contribution >= 0.6 is 0 Å². The number of nitrogens with one attached hydrogen (secondary N) is 1. The van der Waals surface area contributed by atoms with Gasteiger partial charge in [0.25, 0.3) is 0 Å². The molecule has 0 aromatic carbocycles. The molecule has 13 heavy (non-hydrogen) atoms. The van der Waals surface area contributed by atoms with Gasteiger partial charge in [0, 0.05) is 6.04 Å². The summed E-state index contributed by atoms with van der Waals surface area (Å²) in [5, 5.41) is 0. The van der Waals surface area contributed by atoms with Crippen molar-refractivity contribution in [1.29, 1.82) is 0 Å². The van der Waals surface area contributed by atoms with E-state index in [1.807, 2.05) is 0 Å². The Bertz CT molecular complexity index is 183. The molecule has 0 rings (SSSR count). The van der Waals surface area contributed by atoms with Crippen molar-refractivity contribution in [3.05, 3.63) is 0 Å². The molecule has 76 valence electrons. The SMILES string of the molecule is COC(=O)CC(C)NOCC(N)=O. The highest BCUT2D eigenvalue weighted by Crippen LogP contribution is 1.92. The van der Waals surface area contributed by atoms with Crippen LogP contribution in [0.1, 0.15) is 13.3 Å². The first-order valence-electron chi connectivity index (χ1n) is 3.78. The zero-order valence-corrected chi connectivity index (χ0v) is 7.70. The first-order valence-corrected chi connectivity index (χ1v) is 3.78. The topological polar surface area (TPSA) is 90.7 Å². The smallest absolute Gasteiger partial charge is 0.307 e. The standard InChI is InChI=1S/C7H14N2O4/c1-5(3-7(11)12-2)9-13-4-6(8)10/h5,9H,3-4H2,1-2H3,(H2,8,10). The van der Waals surface area contributed by atoms with Crippen molar-refractivity contribution in [3.63, 3.8) is 0 Å². The quantitative estimate of drug-likeness (QED) is 0.411. The molecule has 0 fully saturated rings. The number of carbonyl (C=O) groups excluding carboxylic acids is 2. The molecule has 0 aromatic heterocycles. The van der Waals surface area contributed by atoms with E-state index in [0.717, 1.165) is 0 Å². The minimum atomic E-state index is -0.572. The molecule has 0 saturated carbocycles. The lowest BCUT2D eigenvalue weighted by atomic mass is 10.2. The molecule has 0 bridgehead atoms. The van der Waals surface area contributed by atoms with Gasteiger partial charge in [-0.15, -0.1) is 0 Å². The van der Waals surface area contributed by atoms with Crippen LogP contribution in [0.3, 0.4) is 0 Å². The summed E-state index contributed by atoms with van der Waals surface area (Å²) in [5.74, 6) is -0.916. The van der Waals surface area contributed by atoms with Gasteiger partial charge in [-0.05, 0) is 6.92 Å². The van der Waals surface area contributed by atoms with Crippen LogP contribution in [0.25, 0.3) is 0 Å². The molecule has 0 aromatic rings. The maximum absolute atomic E-state index is 10.7. The molecule has 3 N–H and O–H groups in total. The predicted molar refractivity (Wildman–Crippen MR) is 44.4 cm³/mol. The molecule has 0 aliphatic heterocycles. The Kier molecular flexibility index (Phi) is 5.82. The Morgan fingerprint density at radius 3 is 2.62 bits per heavy atom. The molecule has 1 amide bonds. The van der Waals surface area contributed by atoms with Crippen LogP contribution in [0.5, 0.6) is 0 Å². The number of methoxy groups -OCH3 is 1. The van der Waals surface area contributed by atoms with Gasteiger partial charge in [-0.2, -0.15) is 5.48 Å². The lowest BCUT2D eigenvalue weighted by Crippen LogP contribution is -2.32. The van der Waals surface area contributed by atoms with Crippen LogP contribution in [0.15, 0.2) is 0 Å². The molecule has 0 heterocycles. The molecule has 0 aliphatic rings. The average Bonchev–Trinajstić information content (AvgIpc) is 2.03. The molecule has 0 aliphatic carbocycles. The highest BCUT2D eigenvalue weighted by atomic mass is 16.6. The second-order valence-corrected chi connectivity index (χ2v) is 2.55. The third-order valence-electron chi connectivity index (χ3n) is 1.20. The fraction of sp³-hybridized carbons (Fsp3) is 0.714. The molecule has 1 unspecified atom stereocenters. The Balaban J connectivity index is 3.45. The summed E-state index contributed by atoms with van der Waals surface area (Å²) >= 11 is 0. The normalized spacial score (nSPS) is 12.2. The summed E-state index contributed by atoms with van der Waals surface area (Å²) in [7, 11) is 1.30. The molecular formula is C7H14N2O4. The Hall–Kier alpha value is -1.14. The maximum atomic E-state index is 10.7. The summed E-state index contributed by atoms with van der Waals surface area (Å²) in [6.07, 6.45) is 0.176. The molecule has 6 nitrogen and oxygen atoms in total. The van der Waals surface area contributed by atoms with Crippen molar-refractivity contribution in [2.75, 3.05) is 13.7 Å². The van der Waals surface area contributed by atoms with Crippen molar-refractivity contribution in [3.8, 4) is 0 Å². The zero-order valence-electron chi connectivity index (χ0n) is 7.70. The largest absolute Gasteiger partial charge is 0.469 e. The van der Waals surface area contributed by atoms with Gasteiger partial charge < -0.3 is 10.5 Å². The average molecular weight is 190 g/mol. The molecule has 6 heteroatoms. The van der Waals surface area contributed by atoms with Gasteiger partial charge in [0.1, 0.15) is 6.61 Å². The van der Waals surface area contributed by atoms with Crippen LogP contribution in [0.2, 0.25) is 0 Å². The summed E-state index contributed by atoms with van der Waals surface area (Å²) in [4.78, 5) is 25.6. The molecule has 1 atom stereocenters. The van der Waals surface area contributed by atoms with Crippen LogP contribution in [0, 0.1) is 0 Å². The number of ether oxygens (including phenoxy) is 1. The van der Waals surface area contributed by atoms with Crippen LogP contribution in [0.4, 0.5) is 0 Å². The van der Waals surface area contributed by atoms with E-state index >= 15 is 0 Å². The first kappa shape index (κ1) is 11.9. The predicted octanol–water partition coefficient (Wildman–Crippen LogP) is -1.06. The van der Waals surface area contributed by atoms with Gasteiger partial charge in [0.15, 0.2) is 0 Å². The van der Waals surface area contributed by atoms with E-state index in [0.29, 0.717) is 0 Å². The lowest BCUT2D eigenvalue weighted by molar-refractivity contribution is -0.142. The number of hydrogen-bond donors (Lipinski definition) is 2. The maximum Gasteiger partial charge on any atom is 0.307 e. The number of nitrogens with two attached hydrogens (primary N) is 1. The van der Waals surface area contributed by atoms with E-state index in [9.17, 15) is 9.59 Å². The number of hydrogen-bond acceptors (Lipinski definition) is 5. The second kappa shape index (κ2) is 6.38. The number of hydroxylamine groups is 1. The Morgan fingerprint density at radius 1 is 1.54 bits per heavy atom. The molecular weight excluding hydrogens is 176 g/mol. The summed E-state index contributed by atoms with van der Waals surface area (Å²) in [6, 6.07) is -0.216. The van der Waals surface area contributed by atoms with E-state index in [1.165, 1.54) is 7.11 Å². The van der Waals surface area contributed by atoms with Gasteiger partial charge in [0.05, 0.1) is 13.5 Å². The fourth-order valence-corrected chi connectivity index (χ4v) is 0.630. The van der Waals surface area contributed by atoms with Gasteiger partial charge in [-0.25, -0.2) is 0 Å². The van der Waals surface area contributed by atoms with E-state index < -0.39 is 5.91 Å². The molecule has 0 saturated heterocycles. The van der Waals surface area contributed by atoms with Crippen molar-refractivity contribution in [2.45, 2.75) is 19.4 Å². The van der Waals surface area contributed by atoms with Crippen molar-refractivity contribution in [2.24, 2.45) is 5.73 Å². The number of amides is 1. The van der Waals surface area contributed by atoms with Crippen LogP contribution in [-0.4, -0.2) is 31.6 Å². The van der Waals surface area contributed by atoms with Crippen LogP contribution in [-0.2, 0) is 19.2 Å². The monoisotopic (exact) mass is 190 g/mol. The highest BCUT2D eigenvalue weighted by Gasteiger charge is 2.08. The number of primary amides is 1. The third-order valence-corrected chi connectivity index (χ3v) is 1.20. The highest BCUT2D eigenvalue weighted by molar-refractivity contribution is 5.74. The Labute approximate surface area is 76.3 Å². The van der Waals surface area contributed by atoms with Gasteiger partial charge >= 0.3 is 5.97 Å². The van der Waals surface area contributed by atoms with E-state index in [-0.39, 0.29) is 25.0 Å². The second-order valence-electron chi connectivity index (χ2n) is 2.55. The third kappa shape index (κ3) is 7.23. The lowest BCUT2D eigenvalue weighted by Gasteiger charge is -2.10. The van der Waals surface area contributed by atoms with Crippen LogP contribution < -0.4 is 11.2 Å². The minimum Gasteiger partial charge on any atom is -0.469 e. The number of rotatable bonds is 6. The van der Waals surface area contributed by atoms with E-state index in [2.05, 4.69) is 15.1 Å². The molecule has 0 spiro atoms. The number of esters is 1. The van der Waals surface area contributed by atoms with Gasteiger partial charge in [-0.1, -0.05) is 0 Å². The van der Waals surface area contributed by atoms with E-state index in [4.69, 9.17) is 5.73 Å². The van der Waals surface area contributed by atoms with Crippen molar-refractivity contribution in [1.82, 2.24) is 5.48 Å². The van der Waals surface area contributed by atoms with Crippen molar-refractivity contribution >= 4 is 11.9 Å². The minimum absolute atomic E-state index is 0.176. The van der Waals surface area contributed by atoms with E-state index in [1.54, 1.807) is 6.92 Å². The van der Waals surface area contributed by atoms with Gasteiger partial charge in [0.2, 0.25) is 5.91 Å². The Morgan fingerprint density at radius 2 is 2.15 bits per heavy atom. The zero-order chi connectivity index (χ0) is 10.3. The molecule has 0 radical (unpaired) electrons. The van der Waals surface area contributed by atoms with Crippen molar-refractivity contribution < 1.29 is 19.2 Å². The summed E-state index contributed by atoms with van der Waals surface area (Å²) < 4.78 is 4.42. The summed E-state index contributed by atoms with van der Waals surface area (Å²) in [6.45, 7) is 1.50. The number of carbonyl (C=O) groups is 2.